The van der Waals surface area contributed by atoms with Gasteiger partial charge in [-0.15, -0.1) is 11.3 Å². The molecule has 0 bridgehead atoms. The molecule has 7 rings (SSSR count). The highest BCUT2D eigenvalue weighted by Crippen LogP contribution is 2.61. The average Bonchev–Trinajstić information content (AvgIpc) is 3.62. The highest BCUT2D eigenvalue weighted by atomic mass is 35.5. The van der Waals surface area contributed by atoms with Gasteiger partial charge < -0.3 is 4.90 Å². The molecule has 1 fully saturated rings. The molecule has 3 atom stereocenters. The third-order valence-corrected chi connectivity index (χ3v) is 9.08. The van der Waals surface area contributed by atoms with Crippen LogP contribution in [-0.2, 0) is 0 Å². The van der Waals surface area contributed by atoms with Crippen LogP contribution in [0.1, 0.15) is 47.4 Å². The first-order valence-corrected chi connectivity index (χ1v) is 13.4. The Labute approximate surface area is 222 Å². The molecular formula is C31H20ClNO3S. The van der Waals surface area contributed by atoms with E-state index in [-0.39, 0.29) is 17.3 Å². The Kier molecular flexibility index (Phi) is 4.91. The number of fused-ring (bicyclic) bond motifs is 5. The van der Waals surface area contributed by atoms with Crippen molar-refractivity contribution in [3.63, 3.8) is 0 Å². The predicted octanol–water partition coefficient (Wildman–Crippen LogP) is 6.72. The Morgan fingerprint density at radius 3 is 2.24 bits per heavy atom. The Morgan fingerprint density at radius 1 is 0.865 bits per heavy atom. The van der Waals surface area contributed by atoms with Gasteiger partial charge in [-0.1, -0.05) is 84.4 Å². The van der Waals surface area contributed by atoms with E-state index < -0.39 is 23.4 Å². The number of carbonyl (C=O) groups excluding carboxylic acids is 3. The maximum atomic E-state index is 14.5. The number of ketones is 3. The lowest BCUT2D eigenvalue weighted by atomic mass is 9.64. The number of carbonyl (C=O) groups is 3. The second kappa shape index (κ2) is 8.10. The van der Waals surface area contributed by atoms with Gasteiger partial charge in [0, 0.05) is 27.8 Å². The molecule has 180 valence electrons. The fourth-order valence-corrected chi connectivity index (χ4v) is 7.42. The highest BCUT2D eigenvalue weighted by Gasteiger charge is 2.71. The summed E-state index contributed by atoms with van der Waals surface area (Å²) in [5, 5.41) is 2.45. The number of rotatable bonds is 3. The number of Topliss-reactive ketones (excluding diaryl/α,β-unsaturated/α-hetero) is 3. The first-order chi connectivity index (χ1) is 18.0. The van der Waals surface area contributed by atoms with E-state index in [1.807, 2.05) is 77.0 Å². The van der Waals surface area contributed by atoms with Gasteiger partial charge in [-0.25, -0.2) is 0 Å². The van der Waals surface area contributed by atoms with Crippen LogP contribution in [0.3, 0.4) is 0 Å². The van der Waals surface area contributed by atoms with Crippen LogP contribution in [0.2, 0.25) is 5.02 Å². The second-order valence-electron chi connectivity index (χ2n) is 9.66. The summed E-state index contributed by atoms with van der Waals surface area (Å²) in [5.41, 5.74) is 1.82. The minimum absolute atomic E-state index is 0.0986. The summed E-state index contributed by atoms with van der Waals surface area (Å²) in [6, 6.07) is 24.4. The van der Waals surface area contributed by atoms with Crippen molar-refractivity contribution < 1.29 is 14.4 Å². The molecule has 3 aliphatic rings. The molecule has 0 N–H and O–H groups in total. The lowest BCUT2D eigenvalue weighted by molar-refractivity contribution is 0.0666. The van der Waals surface area contributed by atoms with Crippen molar-refractivity contribution in [2.45, 2.75) is 18.0 Å². The van der Waals surface area contributed by atoms with E-state index in [0.29, 0.717) is 21.0 Å². The van der Waals surface area contributed by atoms with E-state index >= 15 is 0 Å². The lowest BCUT2D eigenvalue weighted by Gasteiger charge is -2.37. The van der Waals surface area contributed by atoms with Crippen LogP contribution in [0.4, 0.5) is 5.69 Å². The molecule has 3 heterocycles. The van der Waals surface area contributed by atoms with Crippen molar-refractivity contribution in [3.05, 3.63) is 129 Å². The van der Waals surface area contributed by atoms with Gasteiger partial charge >= 0.3 is 0 Å². The molecular weight excluding hydrogens is 502 g/mol. The maximum absolute atomic E-state index is 14.5. The SMILES string of the molecule is O=C(c1cccs1)[C@H]1[C@H](c2ccccc2)C2(C(=O)c3ccccc3C2=O)[C@@H]2C=Cc3cc(Cl)ccc3N21. The molecule has 6 heteroatoms. The molecule has 0 saturated carbocycles. The number of halogens is 1. The maximum Gasteiger partial charge on any atom is 0.195 e. The zero-order valence-electron chi connectivity index (χ0n) is 19.5. The van der Waals surface area contributed by atoms with E-state index in [0.717, 1.165) is 16.8 Å². The molecule has 4 nitrogen and oxygen atoms in total. The summed E-state index contributed by atoms with van der Waals surface area (Å²) in [5.74, 6) is -1.23. The van der Waals surface area contributed by atoms with Crippen LogP contribution in [0, 0.1) is 5.41 Å². The first kappa shape index (κ1) is 22.4. The van der Waals surface area contributed by atoms with E-state index in [2.05, 4.69) is 0 Å². The van der Waals surface area contributed by atoms with Crippen LogP contribution >= 0.6 is 22.9 Å². The molecule has 1 saturated heterocycles. The fourth-order valence-electron chi connectivity index (χ4n) is 6.55. The molecule has 1 aromatic heterocycles. The van der Waals surface area contributed by atoms with Crippen molar-refractivity contribution >= 4 is 52.1 Å². The fraction of sp³-hybridized carbons (Fsp3) is 0.129. The quantitative estimate of drug-likeness (QED) is 0.222. The zero-order chi connectivity index (χ0) is 25.3. The van der Waals surface area contributed by atoms with Gasteiger partial charge in [0.2, 0.25) is 0 Å². The molecule has 3 aromatic carbocycles. The predicted molar refractivity (Wildman–Crippen MR) is 146 cm³/mol. The number of hydrogen-bond donors (Lipinski definition) is 0. The van der Waals surface area contributed by atoms with Gasteiger partial charge in [-0.3, -0.25) is 14.4 Å². The number of thiophene rings is 1. The molecule has 0 amide bonds. The first-order valence-electron chi connectivity index (χ1n) is 12.1. The molecule has 1 spiro atoms. The number of anilines is 1. The van der Waals surface area contributed by atoms with Gasteiger partial charge in [-0.05, 0) is 40.8 Å². The van der Waals surface area contributed by atoms with Crippen LogP contribution in [0.5, 0.6) is 0 Å². The average molecular weight is 522 g/mol. The Hall–Kier alpha value is -3.80. The minimum Gasteiger partial charge on any atom is -0.352 e. The Bertz CT molecular complexity index is 1590. The van der Waals surface area contributed by atoms with Gasteiger partial charge in [0.15, 0.2) is 17.3 Å². The van der Waals surface area contributed by atoms with E-state index in [9.17, 15) is 14.4 Å². The smallest absolute Gasteiger partial charge is 0.195 e. The highest BCUT2D eigenvalue weighted by molar-refractivity contribution is 7.12. The third-order valence-electron chi connectivity index (χ3n) is 7.96. The molecule has 0 radical (unpaired) electrons. The monoisotopic (exact) mass is 521 g/mol. The normalized spacial score (nSPS) is 22.7. The summed E-state index contributed by atoms with van der Waals surface area (Å²) in [6.45, 7) is 0. The van der Waals surface area contributed by atoms with Gasteiger partial charge in [0.1, 0.15) is 11.5 Å². The summed E-state index contributed by atoms with van der Waals surface area (Å²) >= 11 is 7.70. The molecule has 4 aromatic rings. The largest absolute Gasteiger partial charge is 0.352 e. The summed E-state index contributed by atoms with van der Waals surface area (Å²) in [7, 11) is 0. The Balaban J connectivity index is 1.56. The van der Waals surface area contributed by atoms with Crippen LogP contribution < -0.4 is 4.90 Å². The summed E-state index contributed by atoms with van der Waals surface area (Å²) in [6.07, 6.45) is 3.84. The third kappa shape index (κ3) is 2.93. The molecule has 1 aliphatic carbocycles. The lowest BCUT2D eigenvalue weighted by Crippen LogP contribution is -2.48. The summed E-state index contributed by atoms with van der Waals surface area (Å²) in [4.78, 5) is 45.9. The number of nitrogens with zero attached hydrogens (tertiary/aromatic N) is 1. The standard InChI is InChI=1S/C31H20ClNO3S/c32-20-13-14-23-19(17-20)12-15-25-31(29(35)21-9-4-5-10-22(21)30(31)36)26(18-7-2-1-3-8-18)27(33(23)25)28(34)24-11-6-16-37-24/h1-17,25-27H/t25-,26-,27+/m0/s1. The minimum atomic E-state index is -1.48. The van der Waals surface area contributed by atoms with Crippen LogP contribution in [-0.4, -0.2) is 29.4 Å². The van der Waals surface area contributed by atoms with E-state index in [1.165, 1.54) is 11.3 Å². The molecule has 37 heavy (non-hydrogen) atoms. The van der Waals surface area contributed by atoms with E-state index in [4.69, 9.17) is 11.6 Å². The van der Waals surface area contributed by atoms with E-state index in [1.54, 1.807) is 30.3 Å². The van der Waals surface area contributed by atoms with Gasteiger partial charge in [-0.2, -0.15) is 0 Å². The van der Waals surface area contributed by atoms with Crippen LogP contribution in [0.25, 0.3) is 6.08 Å². The van der Waals surface area contributed by atoms with Crippen molar-refractivity contribution in [2.24, 2.45) is 5.41 Å². The van der Waals surface area contributed by atoms with Crippen molar-refractivity contribution in [3.8, 4) is 0 Å². The van der Waals surface area contributed by atoms with Gasteiger partial charge in [0.25, 0.3) is 0 Å². The van der Waals surface area contributed by atoms with Crippen molar-refractivity contribution in [2.75, 3.05) is 4.90 Å². The van der Waals surface area contributed by atoms with Crippen LogP contribution in [0.15, 0.2) is 96.4 Å². The topological polar surface area (TPSA) is 54.5 Å². The number of hydrogen-bond acceptors (Lipinski definition) is 5. The van der Waals surface area contributed by atoms with Gasteiger partial charge in [0.05, 0.1) is 10.9 Å². The molecule has 0 unspecified atom stereocenters. The molecule has 2 aliphatic heterocycles. The van der Waals surface area contributed by atoms with Crippen molar-refractivity contribution in [1.29, 1.82) is 0 Å². The number of benzene rings is 3. The zero-order valence-corrected chi connectivity index (χ0v) is 21.1. The second-order valence-corrected chi connectivity index (χ2v) is 11.0. The summed E-state index contributed by atoms with van der Waals surface area (Å²) < 4.78 is 0. The Morgan fingerprint density at radius 2 is 1.57 bits per heavy atom. The van der Waals surface area contributed by atoms with Crippen molar-refractivity contribution in [1.82, 2.24) is 0 Å².